The average Bonchev–Trinajstić information content (AvgIpc) is 3.14. The zero-order chi connectivity index (χ0) is 34.2. The maximum atomic E-state index is 12.9. The minimum atomic E-state index is -3.66. The first-order valence-corrected chi connectivity index (χ1v) is 18.5. The Labute approximate surface area is 291 Å². The number of anilines is 1. The molecule has 1 aliphatic heterocycles. The van der Waals surface area contributed by atoms with Crippen LogP contribution in [-0.4, -0.2) is 31.3 Å². The molecule has 3 unspecified atom stereocenters. The number of nitrogens with one attached hydrogen (secondary N) is 2. The van der Waals surface area contributed by atoms with E-state index in [1.807, 2.05) is 97.1 Å². The molecular weight excluding hydrogens is 657 g/mol. The average molecular weight is 695 g/mol. The van der Waals surface area contributed by atoms with Crippen molar-refractivity contribution in [2.24, 2.45) is 0 Å². The van der Waals surface area contributed by atoms with Crippen LogP contribution in [0.1, 0.15) is 48.0 Å². The molecule has 5 aromatic carbocycles. The number of hydrogen-bond acceptors (Lipinski definition) is 7. The molecule has 0 aliphatic carbocycles. The monoisotopic (exact) mass is 694 g/mol. The van der Waals surface area contributed by atoms with Crippen LogP contribution in [0.5, 0.6) is 0 Å². The largest absolute Gasteiger partial charge is 0.392 e. The molecule has 0 saturated carbocycles. The van der Waals surface area contributed by atoms with E-state index in [0.717, 1.165) is 44.0 Å². The lowest BCUT2D eigenvalue weighted by Crippen LogP contribution is -2.31. The summed E-state index contributed by atoms with van der Waals surface area (Å²) in [6.07, 6.45) is -0.265. The number of amides is 1. The standard InChI is InChI=1S/C39H38N2O6S2/c1-27(43)41-33-19-21-35(22-20-33)48-26-34-23-38(30-13-11-28(25-42)12-14-30)47-39(46-34)31-17-15-29(16-18-31)37-10-6-5-7-32(37)24-40-49(44,45)36-8-3-2-4-9-36/h2-22,34,38-40,42H,23-26H2,1H3,(H,41,43). The van der Waals surface area contributed by atoms with Crippen molar-refractivity contribution >= 4 is 33.4 Å². The molecule has 0 radical (unpaired) electrons. The van der Waals surface area contributed by atoms with Gasteiger partial charge in [-0.2, -0.15) is 0 Å². The Morgan fingerprint density at radius 1 is 0.816 bits per heavy atom. The fourth-order valence-corrected chi connectivity index (χ4v) is 7.63. The summed E-state index contributed by atoms with van der Waals surface area (Å²) in [5, 5.41) is 12.3. The van der Waals surface area contributed by atoms with Crippen LogP contribution in [0.2, 0.25) is 0 Å². The van der Waals surface area contributed by atoms with E-state index < -0.39 is 16.3 Å². The van der Waals surface area contributed by atoms with Crippen LogP contribution in [0.3, 0.4) is 0 Å². The Balaban J connectivity index is 1.18. The number of ether oxygens (including phenoxy) is 2. The summed E-state index contributed by atoms with van der Waals surface area (Å²) in [4.78, 5) is 12.7. The van der Waals surface area contributed by atoms with Crippen molar-refractivity contribution in [3.05, 3.63) is 150 Å². The smallest absolute Gasteiger partial charge is 0.240 e. The van der Waals surface area contributed by atoms with E-state index in [1.54, 1.807) is 42.1 Å². The van der Waals surface area contributed by atoms with Crippen LogP contribution in [-0.2, 0) is 37.4 Å². The number of rotatable bonds is 12. The fourth-order valence-electron chi connectivity index (χ4n) is 5.68. The minimum Gasteiger partial charge on any atom is -0.392 e. The Hall–Kier alpha value is -4.29. The molecule has 3 atom stereocenters. The van der Waals surface area contributed by atoms with Gasteiger partial charge in [-0.25, -0.2) is 13.1 Å². The van der Waals surface area contributed by atoms with Gasteiger partial charge in [0.25, 0.3) is 0 Å². The summed E-state index contributed by atoms with van der Waals surface area (Å²) in [6, 6.07) is 39.7. The number of thioether (sulfide) groups is 1. The summed E-state index contributed by atoms with van der Waals surface area (Å²) in [6.45, 7) is 1.62. The zero-order valence-corrected chi connectivity index (χ0v) is 28.6. The van der Waals surface area contributed by atoms with Gasteiger partial charge in [-0.3, -0.25) is 4.79 Å². The molecule has 1 amide bonds. The molecule has 8 nitrogen and oxygen atoms in total. The van der Waals surface area contributed by atoms with E-state index in [-0.39, 0.29) is 36.2 Å². The van der Waals surface area contributed by atoms with Crippen LogP contribution in [0, 0.1) is 0 Å². The van der Waals surface area contributed by atoms with Crippen molar-refractivity contribution in [3.8, 4) is 11.1 Å². The maximum absolute atomic E-state index is 12.9. The number of aliphatic hydroxyl groups excluding tert-OH is 1. The Morgan fingerprint density at radius 3 is 2.18 bits per heavy atom. The van der Waals surface area contributed by atoms with Gasteiger partial charge in [-0.15, -0.1) is 11.8 Å². The minimum absolute atomic E-state index is 0.0219. The first-order valence-electron chi connectivity index (χ1n) is 16.0. The lowest BCUT2D eigenvalue weighted by atomic mass is 9.98. The zero-order valence-electron chi connectivity index (χ0n) is 27.0. The Kier molecular flexibility index (Phi) is 11.3. The molecule has 252 valence electrons. The van der Waals surface area contributed by atoms with Gasteiger partial charge in [0, 0.05) is 41.8 Å². The maximum Gasteiger partial charge on any atom is 0.240 e. The van der Waals surface area contributed by atoms with Gasteiger partial charge in [0.2, 0.25) is 15.9 Å². The Bertz CT molecular complexity index is 1950. The molecule has 5 aromatic rings. The number of hydrogen-bond donors (Lipinski definition) is 3. The van der Waals surface area contributed by atoms with Crippen molar-refractivity contribution in [3.63, 3.8) is 0 Å². The fraction of sp³-hybridized carbons (Fsp3) is 0.205. The van der Waals surface area contributed by atoms with Crippen LogP contribution < -0.4 is 10.0 Å². The van der Waals surface area contributed by atoms with Crippen molar-refractivity contribution in [1.29, 1.82) is 0 Å². The summed E-state index contributed by atoms with van der Waals surface area (Å²) in [5.41, 5.74) is 6.21. The second-order valence-corrected chi connectivity index (χ2v) is 14.6. The molecule has 49 heavy (non-hydrogen) atoms. The van der Waals surface area contributed by atoms with Crippen molar-refractivity contribution < 1.29 is 27.8 Å². The van der Waals surface area contributed by atoms with Gasteiger partial charge >= 0.3 is 0 Å². The normalized spacial score (nSPS) is 17.8. The third kappa shape index (κ3) is 9.04. The molecule has 6 rings (SSSR count). The molecule has 0 spiro atoms. The van der Waals surface area contributed by atoms with Crippen molar-refractivity contribution in [2.75, 3.05) is 11.1 Å². The second-order valence-electron chi connectivity index (χ2n) is 11.8. The highest BCUT2D eigenvalue weighted by Crippen LogP contribution is 2.40. The lowest BCUT2D eigenvalue weighted by molar-refractivity contribution is -0.245. The predicted molar refractivity (Wildman–Crippen MR) is 192 cm³/mol. The topological polar surface area (TPSA) is 114 Å². The summed E-state index contributed by atoms with van der Waals surface area (Å²) >= 11 is 1.69. The quantitative estimate of drug-likeness (QED) is 0.115. The highest BCUT2D eigenvalue weighted by Gasteiger charge is 2.32. The van der Waals surface area contributed by atoms with Crippen molar-refractivity contribution in [1.82, 2.24) is 4.72 Å². The summed E-state index contributed by atoms with van der Waals surface area (Å²) in [5.74, 6) is 0.596. The SMILES string of the molecule is CC(=O)Nc1ccc(SCC2CC(c3ccc(CO)cc3)OC(c3ccc(-c4ccccc4CNS(=O)(=O)c4ccccc4)cc3)O2)cc1. The van der Waals surface area contributed by atoms with E-state index >= 15 is 0 Å². The number of carbonyl (C=O) groups excluding carboxylic acids is 1. The van der Waals surface area contributed by atoms with E-state index in [9.17, 15) is 18.3 Å². The van der Waals surface area contributed by atoms with Crippen molar-refractivity contribution in [2.45, 2.75) is 54.8 Å². The van der Waals surface area contributed by atoms with Crippen LogP contribution >= 0.6 is 11.8 Å². The molecule has 1 heterocycles. The number of aliphatic hydroxyl groups is 1. The second kappa shape index (κ2) is 15.9. The van der Waals surface area contributed by atoms with Gasteiger partial charge in [0.15, 0.2) is 6.29 Å². The first-order chi connectivity index (χ1) is 23.8. The third-order valence-electron chi connectivity index (χ3n) is 8.24. The highest BCUT2D eigenvalue weighted by molar-refractivity contribution is 7.99. The molecule has 0 aromatic heterocycles. The number of carbonyl (C=O) groups is 1. The molecule has 1 saturated heterocycles. The van der Waals surface area contributed by atoms with Gasteiger partial charge in [-0.1, -0.05) is 91.0 Å². The Morgan fingerprint density at radius 2 is 1.49 bits per heavy atom. The predicted octanol–water partition coefficient (Wildman–Crippen LogP) is 7.62. The molecule has 1 aliphatic rings. The van der Waals surface area contributed by atoms with Gasteiger partial charge in [0.05, 0.1) is 23.7 Å². The third-order valence-corrected chi connectivity index (χ3v) is 10.8. The van der Waals surface area contributed by atoms with Gasteiger partial charge in [-0.05, 0) is 64.2 Å². The van der Waals surface area contributed by atoms with E-state index in [0.29, 0.717) is 12.2 Å². The summed E-state index contributed by atoms with van der Waals surface area (Å²) < 4.78 is 41.6. The first kappa shape index (κ1) is 34.6. The molecule has 10 heteroatoms. The molecule has 3 N–H and O–H groups in total. The van der Waals surface area contributed by atoms with Crippen LogP contribution in [0.25, 0.3) is 11.1 Å². The highest BCUT2D eigenvalue weighted by atomic mass is 32.2. The van der Waals surface area contributed by atoms with E-state index in [1.165, 1.54) is 6.92 Å². The van der Waals surface area contributed by atoms with Gasteiger partial charge in [0.1, 0.15) is 0 Å². The number of benzene rings is 5. The molecular formula is C39H38N2O6S2. The summed E-state index contributed by atoms with van der Waals surface area (Å²) in [7, 11) is -3.66. The lowest BCUT2D eigenvalue weighted by Gasteiger charge is -2.36. The van der Waals surface area contributed by atoms with Gasteiger partial charge < -0.3 is 19.9 Å². The molecule has 1 fully saturated rings. The molecule has 0 bridgehead atoms. The van der Waals surface area contributed by atoms with E-state index in [2.05, 4.69) is 10.0 Å². The number of sulfonamides is 1. The van der Waals surface area contributed by atoms with E-state index in [4.69, 9.17) is 9.47 Å². The van der Waals surface area contributed by atoms with Crippen LogP contribution in [0.4, 0.5) is 5.69 Å². The van der Waals surface area contributed by atoms with Crippen LogP contribution in [0.15, 0.2) is 137 Å².